The molecule has 1 fully saturated rings. The molecule has 2 atom stereocenters. The van der Waals surface area contributed by atoms with Crippen LogP contribution < -0.4 is 10.6 Å². The van der Waals surface area contributed by atoms with Gasteiger partial charge in [0.2, 0.25) is 0 Å². The van der Waals surface area contributed by atoms with Gasteiger partial charge in [-0.25, -0.2) is 9.97 Å². The van der Waals surface area contributed by atoms with E-state index in [9.17, 15) is 4.79 Å². The molecule has 1 aromatic heterocycles. The molecule has 2 unspecified atom stereocenters. The number of aromatic nitrogens is 2. The average Bonchev–Trinajstić information content (AvgIpc) is 2.98. The molecule has 2 bridgehead atoms. The van der Waals surface area contributed by atoms with Crippen molar-refractivity contribution < 1.29 is 4.79 Å². The zero-order valence-electron chi connectivity index (χ0n) is 10.3. The molecule has 0 radical (unpaired) electrons. The van der Waals surface area contributed by atoms with Crippen LogP contribution >= 0.6 is 0 Å². The molecule has 2 aliphatic rings. The number of allylic oxidation sites excluding steroid dienone is 1. The van der Waals surface area contributed by atoms with Crippen LogP contribution in [0.2, 0.25) is 0 Å². The molecule has 0 aromatic carbocycles. The third kappa shape index (κ3) is 1.85. The lowest BCUT2D eigenvalue weighted by Crippen LogP contribution is -2.32. The number of fused-ring (bicyclic) bond motifs is 2. The van der Waals surface area contributed by atoms with Crippen LogP contribution in [0.5, 0.6) is 0 Å². The summed E-state index contributed by atoms with van der Waals surface area (Å²) in [4.78, 5) is 19.7. The Morgan fingerprint density at radius 3 is 2.83 bits per heavy atom. The Hall–Kier alpha value is -1.91. The van der Waals surface area contributed by atoms with E-state index in [4.69, 9.17) is 0 Å². The van der Waals surface area contributed by atoms with Crippen molar-refractivity contribution >= 4 is 11.7 Å². The average molecular weight is 244 g/mol. The van der Waals surface area contributed by atoms with Gasteiger partial charge in [0.25, 0.3) is 5.91 Å². The van der Waals surface area contributed by atoms with E-state index in [1.165, 1.54) is 12.6 Å². The molecular weight excluding hydrogens is 228 g/mol. The number of nitrogens with zero attached hydrogens (tertiary/aromatic N) is 2. The second-order valence-corrected chi connectivity index (χ2v) is 5.01. The monoisotopic (exact) mass is 244 g/mol. The van der Waals surface area contributed by atoms with Gasteiger partial charge < -0.3 is 10.6 Å². The highest BCUT2D eigenvalue weighted by Crippen LogP contribution is 2.43. The zero-order chi connectivity index (χ0) is 12.6. The van der Waals surface area contributed by atoms with Crippen molar-refractivity contribution in [1.29, 1.82) is 0 Å². The van der Waals surface area contributed by atoms with Gasteiger partial charge >= 0.3 is 0 Å². The number of hydrogen-bond acceptors (Lipinski definition) is 4. The van der Waals surface area contributed by atoms with Gasteiger partial charge in [-0.1, -0.05) is 12.2 Å². The van der Waals surface area contributed by atoms with Crippen molar-refractivity contribution in [1.82, 2.24) is 15.3 Å². The molecule has 1 heterocycles. The van der Waals surface area contributed by atoms with E-state index in [1.54, 1.807) is 13.2 Å². The van der Waals surface area contributed by atoms with Crippen LogP contribution in [0.15, 0.2) is 24.5 Å². The normalized spacial score (nSPS) is 28.4. The summed E-state index contributed by atoms with van der Waals surface area (Å²) in [5, 5.41) is 5.96. The Labute approximate surface area is 106 Å². The molecular formula is C13H16N4O. The van der Waals surface area contributed by atoms with Crippen LogP contribution in [0.1, 0.15) is 29.8 Å². The van der Waals surface area contributed by atoms with Gasteiger partial charge in [0.1, 0.15) is 11.5 Å². The maximum atomic E-state index is 11.3. The largest absolute Gasteiger partial charge is 0.360 e. The lowest BCUT2D eigenvalue weighted by Gasteiger charge is -2.25. The molecule has 3 rings (SSSR count). The van der Waals surface area contributed by atoms with Gasteiger partial charge in [-0.2, -0.15) is 0 Å². The molecule has 0 saturated heterocycles. The first-order chi connectivity index (χ1) is 8.71. The topological polar surface area (TPSA) is 66.9 Å². The van der Waals surface area contributed by atoms with Crippen LogP contribution in [-0.2, 0) is 0 Å². The van der Waals surface area contributed by atoms with Crippen LogP contribution in [0.3, 0.4) is 0 Å². The summed E-state index contributed by atoms with van der Waals surface area (Å²) in [7, 11) is 1.58. The first-order valence-electron chi connectivity index (χ1n) is 6.22. The van der Waals surface area contributed by atoms with Crippen molar-refractivity contribution in [3.05, 3.63) is 30.2 Å². The second-order valence-electron chi connectivity index (χ2n) is 5.01. The highest BCUT2D eigenvalue weighted by atomic mass is 16.1. The van der Waals surface area contributed by atoms with Crippen molar-refractivity contribution in [2.45, 2.75) is 24.8 Å². The summed E-state index contributed by atoms with van der Waals surface area (Å²) < 4.78 is 0. The lowest BCUT2D eigenvalue weighted by atomic mass is 9.99. The smallest absolute Gasteiger partial charge is 0.271 e. The van der Waals surface area contributed by atoms with Gasteiger partial charge in [-0.15, -0.1) is 0 Å². The summed E-state index contributed by atoms with van der Waals surface area (Å²) in [6.45, 7) is 0. The predicted molar refractivity (Wildman–Crippen MR) is 68.3 cm³/mol. The standard InChI is InChI=1S/C13H16N4O/c1-14-12(18)10-7-16-11(8-15-10)17-13-4-2-9(6-13)3-5-13/h2,4,7-9H,3,5-6H2,1H3,(H,14,18)(H,16,17). The minimum atomic E-state index is -0.214. The summed E-state index contributed by atoms with van der Waals surface area (Å²) in [5.74, 6) is 1.24. The van der Waals surface area contributed by atoms with Gasteiger partial charge in [0, 0.05) is 7.05 Å². The highest BCUT2D eigenvalue weighted by molar-refractivity contribution is 5.91. The maximum Gasteiger partial charge on any atom is 0.271 e. The molecule has 1 saturated carbocycles. The fourth-order valence-electron chi connectivity index (χ4n) is 2.80. The fraction of sp³-hybridized carbons (Fsp3) is 0.462. The number of amides is 1. The number of hydrogen-bond donors (Lipinski definition) is 2. The van der Waals surface area contributed by atoms with Crippen molar-refractivity contribution in [2.75, 3.05) is 12.4 Å². The molecule has 1 amide bonds. The second kappa shape index (κ2) is 4.08. The Morgan fingerprint density at radius 1 is 1.44 bits per heavy atom. The summed E-state index contributed by atoms with van der Waals surface area (Å²) in [5.41, 5.74) is 0.403. The molecule has 0 aliphatic heterocycles. The first-order valence-corrected chi connectivity index (χ1v) is 6.22. The Bertz CT molecular complexity index is 496. The number of nitrogens with one attached hydrogen (secondary N) is 2. The third-order valence-electron chi connectivity index (χ3n) is 3.76. The van der Waals surface area contributed by atoms with E-state index < -0.39 is 0 Å². The summed E-state index contributed by atoms with van der Waals surface area (Å²) in [6, 6.07) is 0. The first kappa shape index (κ1) is 11.2. The van der Waals surface area contributed by atoms with Gasteiger partial charge in [0.15, 0.2) is 0 Å². The minimum Gasteiger partial charge on any atom is -0.360 e. The summed E-state index contributed by atoms with van der Waals surface area (Å²) in [6.07, 6.45) is 11.2. The summed E-state index contributed by atoms with van der Waals surface area (Å²) >= 11 is 0. The molecule has 5 heteroatoms. The lowest BCUT2D eigenvalue weighted by molar-refractivity contribution is 0.0958. The molecule has 94 valence electrons. The quantitative estimate of drug-likeness (QED) is 0.788. The van der Waals surface area contributed by atoms with E-state index in [-0.39, 0.29) is 11.4 Å². The van der Waals surface area contributed by atoms with E-state index in [2.05, 4.69) is 32.8 Å². The number of rotatable bonds is 3. The molecule has 2 N–H and O–H groups in total. The zero-order valence-corrected chi connectivity index (χ0v) is 10.3. The van der Waals surface area contributed by atoms with Crippen LogP contribution in [0.25, 0.3) is 0 Å². The van der Waals surface area contributed by atoms with Crippen LogP contribution in [-0.4, -0.2) is 28.5 Å². The molecule has 5 nitrogen and oxygen atoms in total. The van der Waals surface area contributed by atoms with E-state index in [1.807, 2.05) is 0 Å². The van der Waals surface area contributed by atoms with Crippen molar-refractivity contribution in [3.63, 3.8) is 0 Å². The van der Waals surface area contributed by atoms with Crippen molar-refractivity contribution in [2.24, 2.45) is 5.92 Å². The Kier molecular flexibility index (Phi) is 2.54. The van der Waals surface area contributed by atoms with E-state index >= 15 is 0 Å². The Morgan fingerprint density at radius 2 is 2.33 bits per heavy atom. The third-order valence-corrected chi connectivity index (χ3v) is 3.76. The fourth-order valence-corrected chi connectivity index (χ4v) is 2.80. The van der Waals surface area contributed by atoms with Crippen LogP contribution in [0.4, 0.5) is 5.82 Å². The SMILES string of the molecule is CNC(=O)c1cnc(NC23C=CC(CC2)C3)cn1. The number of carbonyl (C=O) groups is 1. The van der Waals surface area contributed by atoms with Crippen molar-refractivity contribution in [3.8, 4) is 0 Å². The van der Waals surface area contributed by atoms with Gasteiger partial charge in [0.05, 0.1) is 17.9 Å². The minimum absolute atomic E-state index is 0.0634. The number of anilines is 1. The Balaban J connectivity index is 1.74. The van der Waals surface area contributed by atoms with Gasteiger partial charge in [-0.3, -0.25) is 4.79 Å². The highest BCUT2D eigenvalue weighted by Gasteiger charge is 2.40. The maximum absolute atomic E-state index is 11.3. The van der Waals surface area contributed by atoms with Gasteiger partial charge in [-0.05, 0) is 25.2 Å². The van der Waals surface area contributed by atoms with E-state index in [0.717, 1.165) is 24.6 Å². The van der Waals surface area contributed by atoms with Crippen LogP contribution in [0, 0.1) is 5.92 Å². The number of carbonyl (C=O) groups excluding carboxylic acids is 1. The predicted octanol–water partition coefficient (Wildman–Crippen LogP) is 1.36. The molecule has 2 aliphatic carbocycles. The van der Waals surface area contributed by atoms with E-state index in [0.29, 0.717) is 5.69 Å². The molecule has 18 heavy (non-hydrogen) atoms. The molecule has 1 aromatic rings. The molecule has 0 spiro atoms.